The molecule has 8 nitrogen and oxygen atoms in total. The van der Waals surface area contributed by atoms with E-state index in [0.29, 0.717) is 31.9 Å². The summed E-state index contributed by atoms with van der Waals surface area (Å²) in [5.41, 5.74) is 1.13. The number of rotatable bonds is 9. The highest BCUT2D eigenvalue weighted by atomic mass is 19.4. The van der Waals surface area contributed by atoms with E-state index in [1.807, 2.05) is 0 Å². The molecule has 0 aliphatic carbocycles. The molecule has 0 aliphatic rings. The van der Waals surface area contributed by atoms with Crippen LogP contribution in [0.3, 0.4) is 0 Å². The Morgan fingerprint density at radius 3 is 2.25 bits per heavy atom. The molecule has 2 aromatic rings. The zero-order valence-corrected chi connectivity index (χ0v) is 15.5. The van der Waals surface area contributed by atoms with Crippen molar-refractivity contribution in [2.45, 2.75) is 12.7 Å². The number of carbonyl (C=O) groups is 1. The Hall–Kier alpha value is -2.66. The van der Waals surface area contributed by atoms with E-state index >= 15 is 0 Å². The Kier molecular flexibility index (Phi) is 7.76. The Labute approximate surface area is 159 Å². The molecule has 0 fully saturated rings. The molecule has 11 heteroatoms. The van der Waals surface area contributed by atoms with Crippen molar-refractivity contribution in [1.29, 1.82) is 0 Å². The minimum absolute atomic E-state index is 0.159. The lowest BCUT2D eigenvalue weighted by Gasteiger charge is -2.22. The molecule has 0 bridgehead atoms. The first-order chi connectivity index (χ1) is 13.3. The summed E-state index contributed by atoms with van der Waals surface area (Å²) in [7, 11) is 3.10. The van der Waals surface area contributed by atoms with Crippen LogP contribution in [0.4, 0.5) is 18.0 Å². The molecule has 2 rings (SSSR count). The van der Waals surface area contributed by atoms with Gasteiger partial charge in [0.15, 0.2) is 0 Å². The number of hydrogen-bond donors (Lipinski definition) is 1. The molecule has 28 heavy (non-hydrogen) atoms. The van der Waals surface area contributed by atoms with Crippen LogP contribution in [0.2, 0.25) is 0 Å². The van der Waals surface area contributed by atoms with E-state index in [1.165, 1.54) is 0 Å². The van der Waals surface area contributed by atoms with Crippen molar-refractivity contribution in [3.8, 4) is 11.4 Å². The lowest BCUT2D eigenvalue weighted by atomic mass is 10.1. The minimum Gasteiger partial charge on any atom is -0.383 e. The van der Waals surface area contributed by atoms with Gasteiger partial charge in [0.2, 0.25) is 5.82 Å². The van der Waals surface area contributed by atoms with E-state index in [0.717, 1.165) is 5.56 Å². The maximum absolute atomic E-state index is 12.5. The van der Waals surface area contributed by atoms with Gasteiger partial charge in [-0.25, -0.2) is 4.79 Å². The van der Waals surface area contributed by atoms with Crippen LogP contribution in [0.1, 0.15) is 11.5 Å². The van der Waals surface area contributed by atoms with E-state index in [9.17, 15) is 18.0 Å². The molecule has 0 spiro atoms. The van der Waals surface area contributed by atoms with Gasteiger partial charge in [-0.15, -0.1) is 0 Å². The van der Waals surface area contributed by atoms with Crippen molar-refractivity contribution in [3.63, 3.8) is 0 Å². The van der Waals surface area contributed by atoms with Crippen molar-refractivity contribution < 1.29 is 32.0 Å². The number of alkyl halides is 3. The average Bonchev–Trinajstić information content (AvgIpc) is 3.17. The Morgan fingerprint density at radius 2 is 1.75 bits per heavy atom. The summed E-state index contributed by atoms with van der Waals surface area (Å²) >= 11 is 0. The number of urea groups is 1. The third-order valence-corrected chi connectivity index (χ3v) is 3.74. The number of benzene rings is 1. The molecule has 0 saturated carbocycles. The highest BCUT2D eigenvalue weighted by molar-refractivity contribution is 5.74. The summed E-state index contributed by atoms with van der Waals surface area (Å²) in [4.78, 5) is 17.2. The van der Waals surface area contributed by atoms with Crippen LogP contribution in [-0.2, 0) is 22.2 Å². The number of amides is 2. The molecule has 2 amide bonds. The number of carbonyl (C=O) groups excluding carboxylic acids is 1. The van der Waals surface area contributed by atoms with Gasteiger partial charge >= 0.3 is 18.1 Å². The quantitative estimate of drug-likeness (QED) is 0.693. The predicted octanol–water partition coefficient (Wildman–Crippen LogP) is 2.56. The topological polar surface area (TPSA) is 89.7 Å². The number of nitrogens with zero attached hydrogens (tertiary/aromatic N) is 3. The van der Waals surface area contributed by atoms with E-state index in [-0.39, 0.29) is 18.4 Å². The van der Waals surface area contributed by atoms with Gasteiger partial charge in [0, 0.05) is 39.4 Å². The third kappa shape index (κ3) is 6.20. The van der Waals surface area contributed by atoms with Crippen molar-refractivity contribution in [3.05, 3.63) is 35.7 Å². The summed E-state index contributed by atoms with van der Waals surface area (Å²) in [6, 6.07) is 6.16. The first-order valence-corrected chi connectivity index (χ1v) is 8.36. The lowest BCUT2D eigenvalue weighted by molar-refractivity contribution is -0.159. The monoisotopic (exact) mass is 402 g/mol. The van der Waals surface area contributed by atoms with Gasteiger partial charge in [0.1, 0.15) is 0 Å². The van der Waals surface area contributed by atoms with E-state index in [4.69, 9.17) is 9.47 Å². The Balaban J connectivity index is 1.94. The largest absolute Gasteiger partial charge is 0.471 e. The van der Waals surface area contributed by atoms with Gasteiger partial charge < -0.3 is 24.2 Å². The fourth-order valence-corrected chi connectivity index (χ4v) is 2.23. The number of ether oxygens (including phenoxy) is 2. The summed E-state index contributed by atoms with van der Waals surface area (Å²) < 4.78 is 51.8. The van der Waals surface area contributed by atoms with Gasteiger partial charge in [-0.3, -0.25) is 0 Å². The van der Waals surface area contributed by atoms with Crippen LogP contribution in [0.25, 0.3) is 11.4 Å². The zero-order chi connectivity index (χ0) is 20.6. The number of hydrogen-bond acceptors (Lipinski definition) is 6. The second kappa shape index (κ2) is 10.0. The van der Waals surface area contributed by atoms with Crippen molar-refractivity contribution >= 4 is 6.03 Å². The van der Waals surface area contributed by atoms with E-state index in [2.05, 4.69) is 20.0 Å². The maximum atomic E-state index is 12.5. The normalized spacial score (nSPS) is 11.5. The molecule has 0 saturated heterocycles. The Morgan fingerprint density at radius 1 is 1.14 bits per heavy atom. The fraction of sp³-hybridized carbons (Fsp3) is 0.471. The molecular formula is C17H21F3N4O4. The maximum Gasteiger partial charge on any atom is 0.471 e. The van der Waals surface area contributed by atoms with Crippen molar-refractivity contribution in [2.24, 2.45) is 0 Å². The van der Waals surface area contributed by atoms with Crippen LogP contribution in [0.15, 0.2) is 28.8 Å². The fourth-order valence-electron chi connectivity index (χ4n) is 2.23. The molecule has 0 radical (unpaired) electrons. The van der Waals surface area contributed by atoms with Gasteiger partial charge in [-0.05, 0) is 5.56 Å². The van der Waals surface area contributed by atoms with Crippen molar-refractivity contribution in [1.82, 2.24) is 20.4 Å². The van der Waals surface area contributed by atoms with E-state index in [1.54, 1.807) is 43.4 Å². The van der Waals surface area contributed by atoms with Crippen LogP contribution in [0.5, 0.6) is 0 Å². The average molecular weight is 402 g/mol. The molecule has 1 aromatic heterocycles. The van der Waals surface area contributed by atoms with Crippen LogP contribution >= 0.6 is 0 Å². The smallest absolute Gasteiger partial charge is 0.383 e. The van der Waals surface area contributed by atoms with Gasteiger partial charge in [0.25, 0.3) is 0 Å². The van der Waals surface area contributed by atoms with Crippen LogP contribution < -0.4 is 5.32 Å². The zero-order valence-electron chi connectivity index (χ0n) is 15.5. The Bertz CT molecular complexity index is 742. The first-order valence-electron chi connectivity index (χ1n) is 8.36. The van der Waals surface area contributed by atoms with Crippen LogP contribution in [-0.4, -0.2) is 61.6 Å². The van der Waals surface area contributed by atoms with Crippen LogP contribution in [0, 0.1) is 0 Å². The standard InChI is InChI=1S/C17H21F3N4O4/c1-26-9-7-24(8-10-27-2)16(25)21-11-12-3-5-13(6-4-12)14-22-15(28-23-14)17(18,19)20/h3-6H,7-11H2,1-2H3,(H,21,25). The molecule has 1 heterocycles. The summed E-state index contributed by atoms with van der Waals surface area (Å²) in [5.74, 6) is -1.56. The van der Waals surface area contributed by atoms with E-state index < -0.39 is 12.1 Å². The summed E-state index contributed by atoms with van der Waals surface area (Å²) in [5, 5.41) is 6.11. The van der Waals surface area contributed by atoms with Gasteiger partial charge in [-0.1, -0.05) is 29.4 Å². The lowest BCUT2D eigenvalue weighted by Crippen LogP contribution is -2.43. The molecule has 0 atom stereocenters. The highest BCUT2D eigenvalue weighted by Gasteiger charge is 2.38. The number of nitrogens with one attached hydrogen (secondary N) is 1. The molecule has 0 aliphatic heterocycles. The number of halogens is 3. The number of aromatic nitrogens is 2. The highest BCUT2D eigenvalue weighted by Crippen LogP contribution is 2.29. The predicted molar refractivity (Wildman–Crippen MR) is 92.3 cm³/mol. The first kappa shape index (κ1) is 21.6. The second-order valence-electron chi connectivity index (χ2n) is 5.75. The minimum atomic E-state index is -4.69. The summed E-state index contributed by atoms with van der Waals surface area (Å²) in [6.45, 7) is 1.89. The second-order valence-corrected chi connectivity index (χ2v) is 5.75. The third-order valence-electron chi connectivity index (χ3n) is 3.74. The van der Waals surface area contributed by atoms with Gasteiger partial charge in [0.05, 0.1) is 13.2 Å². The molecule has 1 N–H and O–H groups in total. The van der Waals surface area contributed by atoms with Gasteiger partial charge in [-0.2, -0.15) is 18.2 Å². The SMILES string of the molecule is COCCN(CCOC)C(=O)NCc1ccc(-c2noc(C(F)(F)F)n2)cc1. The molecule has 0 unspecified atom stereocenters. The molecule has 1 aromatic carbocycles. The number of methoxy groups -OCH3 is 2. The molecular weight excluding hydrogens is 381 g/mol. The van der Waals surface area contributed by atoms with Crippen molar-refractivity contribution in [2.75, 3.05) is 40.5 Å². The molecule has 154 valence electrons. The summed E-state index contributed by atoms with van der Waals surface area (Å²) in [6.07, 6.45) is -4.69.